The molecule has 0 aromatic rings. The number of rotatable bonds is 1. The van der Waals surface area contributed by atoms with Crippen molar-refractivity contribution >= 4 is 5.78 Å². The number of carbonyl (C=O) groups excluding carboxylic acids is 1. The molecule has 0 amide bonds. The van der Waals surface area contributed by atoms with Crippen molar-refractivity contribution in [3.63, 3.8) is 0 Å². The number of Topliss-reactive ketones (excluding diaryl/α,β-unsaturated/α-hetero) is 1. The Morgan fingerprint density at radius 3 is 2.40 bits per heavy atom. The van der Waals surface area contributed by atoms with E-state index < -0.39 is 5.60 Å². The Morgan fingerprint density at radius 2 is 1.72 bits per heavy atom. The van der Waals surface area contributed by atoms with Crippen molar-refractivity contribution in [2.45, 2.75) is 90.8 Å². The van der Waals surface area contributed by atoms with E-state index in [4.69, 9.17) is 0 Å². The van der Waals surface area contributed by atoms with Gasteiger partial charge in [0.15, 0.2) is 5.78 Å². The maximum Gasteiger partial charge on any atom is 0.161 e. The molecule has 0 unspecified atom stereocenters. The highest BCUT2D eigenvalue weighted by molar-refractivity contribution is 5.86. The van der Waals surface area contributed by atoms with Crippen LogP contribution < -0.4 is 0 Å². The van der Waals surface area contributed by atoms with Gasteiger partial charge in [0.1, 0.15) is 5.60 Å². The van der Waals surface area contributed by atoms with Gasteiger partial charge in [-0.05, 0) is 88.4 Å². The zero-order valence-corrected chi connectivity index (χ0v) is 16.3. The molecule has 2 N–H and O–H groups in total. The summed E-state index contributed by atoms with van der Waals surface area (Å²) < 4.78 is 0. The van der Waals surface area contributed by atoms with Crippen molar-refractivity contribution in [1.29, 1.82) is 0 Å². The fourth-order valence-corrected chi connectivity index (χ4v) is 7.69. The number of fused-ring (bicyclic) bond motifs is 5. The molecule has 140 valence electrons. The van der Waals surface area contributed by atoms with Gasteiger partial charge in [-0.1, -0.05) is 25.0 Å². The van der Waals surface area contributed by atoms with Gasteiger partial charge in [0.2, 0.25) is 0 Å². The van der Waals surface area contributed by atoms with Crippen LogP contribution in [0.5, 0.6) is 0 Å². The van der Waals surface area contributed by atoms with Crippen LogP contribution in [0, 0.1) is 28.6 Å². The minimum absolute atomic E-state index is 0.0355. The lowest BCUT2D eigenvalue weighted by Crippen LogP contribution is -2.57. The number of hydrogen-bond acceptors (Lipinski definition) is 3. The Labute approximate surface area is 151 Å². The van der Waals surface area contributed by atoms with E-state index in [2.05, 4.69) is 20.8 Å². The number of aliphatic hydroxyl groups excluding tert-OH is 1. The minimum Gasteiger partial charge on any atom is -0.393 e. The molecule has 0 radical (unpaired) electrons. The zero-order chi connectivity index (χ0) is 18.2. The molecule has 4 aliphatic rings. The molecule has 3 nitrogen and oxygen atoms in total. The highest BCUT2D eigenvalue weighted by Gasteiger charge is 2.65. The predicted octanol–water partition coefficient (Wildman–Crippen LogP) is 4.02. The molecule has 0 heterocycles. The smallest absolute Gasteiger partial charge is 0.161 e. The number of carbonyl (C=O) groups is 1. The summed E-state index contributed by atoms with van der Waals surface area (Å²) in [5, 5.41) is 21.4. The molecular weight excluding hydrogens is 312 g/mol. The third kappa shape index (κ3) is 2.15. The van der Waals surface area contributed by atoms with Crippen LogP contribution in [0.4, 0.5) is 0 Å². The Bertz CT molecular complexity index is 637. The molecule has 7 atom stereocenters. The quantitative estimate of drug-likeness (QED) is 0.705. The van der Waals surface area contributed by atoms with E-state index in [1.165, 1.54) is 11.1 Å². The van der Waals surface area contributed by atoms with E-state index in [1.54, 1.807) is 6.92 Å². The third-order valence-corrected chi connectivity index (χ3v) is 9.17. The van der Waals surface area contributed by atoms with Crippen LogP contribution in [-0.2, 0) is 4.79 Å². The first-order valence-electron chi connectivity index (χ1n) is 10.2. The van der Waals surface area contributed by atoms with Gasteiger partial charge in [-0.2, -0.15) is 0 Å². The second kappa shape index (κ2) is 5.42. The summed E-state index contributed by atoms with van der Waals surface area (Å²) in [5.74, 6) is 1.63. The van der Waals surface area contributed by atoms with Crippen LogP contribution in [-0.4, -0.2) is 27.7 Å². The van der Waals surface area contributed by atoms with Crippen molar-refractivity contribution in [1.82, 2.24) is 0 Å². The van der Waals surface area contributed by atoms with Crippen LogP contribution in [0.1, 0.15) is 79.1 Å². The highest BCUT2D eigenvalue weighted by atomic mass is 16.3. The summed E-state index contributed by atoms with van der Waals surface area (Å²) >= 11 is 0. The fraction of sp³-hybridized carbons (Fsp3) is 0.864. The van der Waals surface area contributed by atoms with Crippen molar-refractivity contribution in [3.8, 4) is 0 Å². The van der Waals surface area contributed by atoms with Gasteiger partial charge in [0.25, 0.3) is 0 Å². The third-order valence-electron chi connectivity index (χ3n) is 9.17. The van der Waals surface area contributed by atoms with Crippen LogP contribution in [0.2, 0.25) is 0 Å². The molecule has 4 aliphatic carbocycles. The largest absolute Gasteiger partial charge is 0.393 e. The van der Waals surface area contributed by atoms with E-state index in [0.29, 0.717) is 24.2 Å². The summed E-state index contributed by atoms with van der Waals surface area (Å²) in [6.07, 6.45) is 7.46. The van der Waals surface area contributed by atoms with Gasteiger partial charge in [0, 0.05) is 5.41 Å². The summed E-state index contributed by atoms with van der Waals surface area (Å²) in [6.45, 7) is 8.46. The molecular formula is C22H34O3. The van der Waals surface area contributed by atoms with Gasteiger partial charge in [-0.15, -0.1) is 0 Å². The maximum absolute atomic E-state index is 12.3. The molecule has 0 spiro atoms. The normalized spacial score (nSPS) is 52.4. The first kappa shape index (κ1) is 17.7. The van der Waals surface area contributed by atoms with Crippen LogP contribution in [0.3, 0.4) is 0 Å². The van der Waals surface area contributed by atoms with Crippen LogP contribution >= 0.6 is 0 Å². The first-order valence-corrected chi connectivity index (χ1v) is 10.2. The van der Waals surface area contributed by atoms with E-state index >= 15 is 0 Å². The van der Waals surface area contributed by atoms with Crippen molar-refractivity contribution in [2.75, 3.05) is 0 Å². The topological polar surface area (TPSA) is 57.5 Å². The number of hydrogen-bond donors (Lipinski definition) is 2. The standard InChI is InChI=1S/C22H34O3/c1-13-11-16-17(20(3)8-5-15(24)12-19(13)20)6-9-21(4)18(16)7-10-22(21,25)14(2)23/h15-18,24-25H,5-12H2,1-4H3/t15-,16-,17-,18+,20+,21-,22-/m0/s1. The molecule has 25 heavy (non-hydrogen) atoms. The lowest BCUT2D eigenvalue weighted by atomic mass is 9.46. The SMILES string of the molecule is CC(=O)[C@@]1(O)CC[C@@H]2[C@H]3CC(C)=C4C[C@@H](O)CC[C@]4(C)[C@H]3CC[C@@]21C. The number of allylic oxidation sites excluding steroid dienone is 1. The monoisotopic (exact) mass is 346 g/mol. The molecule has 0 bridgehead atoms. The Hall–Kier alpha value is -0.670. The molecule has 0 aromatic carbocycles. The van der Waals surface area contributed by atoms with Gasteiger partial charge in [0.05, 0.1) is 6.10 Å². The summed E-state index contributed by atoms with van der Waals surface area (Å²) in [4.78, 5) is 12.3. The second-order valence-electron chi connectivity index (χ2n) is 10.1. The van der Waals surface area contributed by atoms with Gasteiger partial charge in [-0.25, -0.2) is 0 Å². The van der Waals surface area contributed by atoms with E-state index in [9.17, 15) is 15.0 Å². The van der Waals surface area contributed by atoms with Crippen molar-refractivity contribution in [2.24, 2.45) is 28.6 Å². The molecule has 3 saturated carbocycles. The number of aliphatic hydroxyl groups is 2. The van der Waals surface area contributed by atoms with E-state index in [1.807, 2.05) is 0 Å². The van der Waals surface area contributed by atoms with Crippen LogP contribution in [0.15, 0.2) is 11.1 Å². The summed E-state index contributed by atoms with van der Waals surface area (Å²) in [7, 11) is 0. The van der Waals surface area contributed by atoms with Crippen molar-refractivity contribution < 1.29 is 15.0 Å². The van der Waals surface area contributed by atoms with Gasteiger partial charge >= 0.3 is 0 Å². The summed E-state index contributed by atoms with van der Waals surface area (Å²) in [6, 6.07) is 0. The lowest BCUT2D eigenvalue weighted by Gasteiger charge is -2.59. The second-order valence-corrected chi connectivity index (χ2v) is 10.1. The fourth-order valence-electron chi connectivity index (χ4n) is 7.69. The zero-order valence-electron chi connectivity index (χ0n) is 16.3. The molecule has 0 saturated heterocycles. The average Bonchev–Trinajstić information content (AvgIpc) is 2.83. The summed E-state index contributed by atoms with van der Waals surface area (Å²) in [5.41, 5.74) is 1.83. The molecule has 3 heteroatoms. The first-order chi connectivity index (χ1) is 11.6. The Morgan fingerprint density at radius 1 is 1.04 bits per heavy atom. The molecule has 3 fully saturated rings. The van der Waals surface area contributed by atoms with E-state index in [0.717, 1.165) is 44.9 Å². The average molecular weight is 347 g/mol. The molecule has 0 aliphatic heterocycles. The van der Waals surface area contributed by atoms with Crippen LogP contribution in [0.25, 0.3) is 0 Å². The molecule has 0 aromatic heterocycles. The Kier molecular flexibility index (Phi) is 3.84. The maximum atomic E-state index is 12.3. The molecule has 4 rings (SSSR count). The van der Waals surface area contributed by atoms with Gasteiger partial charge < -0.3 is 10.2 Å². The van der Waals surface area contributed by atoms with Crippen molar-refractivity contribution in [3.05, 3.63) is 11.1 Å². The predicted molar refractivity (Wildman–Crippen MR) is 98.0 cm³/mol. The van der Waals surface area contributed by atoms with E-state index in [-0.39, 0.29) is 22.7 Å². The minimum atomic E-state index is -1.12. The lowest BCUT2D eigenvalue weighted by molar-refractivity contribution is -0.159. The highest BCUT2D eigenvalue weighted by Crippen LogP contribution is 2.68. The Balaban J connectivity index is 1.73. The number of ketones is 1. The van der Waals surface area contributed by atoms with Gasteiger partial charge in [-0.3, -0.25) is 4.79 Å².